The molecule has 3 rings (SSSR count). The molecule has 3 aromatic rings. The van der Waals surface area contributed by atoms with Crippen LogP contribution in [0.3, 0.4) is 0 Å². The smallest absolute Gasteiger partial charge is 0.118 e. The number of hydrogen-bond donors (Lipinski definition) is 1. The second kappa shape index (κ2) is 5.35. The second-order valence-corrected chi connectivity index (χ2v) is 4.79. The van der Waals surface area contributed by atoms with E-state index in [1.54, 1.807) is 0 Å². The Morgan fingerprint density at radius 1 is 1.20 bits per heavy atom. The van der Waals surface area contributed by atoms with Crippen molar-refractivity contribution in [2.75, 3.05) is 0 Å². The minimum atomic E-state index is 0.426. The minimum absolute atomic E-state index is 0.426. The fourth-order valence-corrected chi connectivity index (χ4v) is 2.25. The van der Waals surface area contributed by atoms with Crippen molar-refractivity contribution in [2.45, 2.75) is 20.0 Å². The molecule has 20 heavy (non-hydrogen) atoms. The Morgan fingerprint density at radius 2 is 2.00 bits per heavy atom. The summed E-state index contributed by atoms with van der Waals surface area (Å²) in [6, 6.07) is 12.2. The Bertz CT molecular complexity index is 698. The van der Waals surface area contributed by atoms with Crippen LogP contribution in [0.25, 0.3) is 11.1 Å². The predicted molar refractivity (Wildman–Crippen MR) is 78.1 cm³/mol. The first-order valence-corrected chi connectivity index (χ1v) is 6.62. The summed E-state index contributed by atoms with van der Waals surface area (Å²) in [5.41, 5.74) is 9.00. The molecule has 2 N–H and O–H groups in total. The molecule has 2 heterocycles. The van der Waals surface area contributed by atoms with Gasteiger partial charge in [0, 0.05) is 17.3 Å². The van der Waals surface area contributed by atoms with Crippen molar-refractivity contribution in [3.05, 3.63) is 65.9 Å². The zero-order valence-corrected chi connectivity index (χ0v) is 11.4. The molecule has 0 fully saturated rings. The third-order valence-corrected chi connectivity index (χ3v) is 3.35. The van der Waals surface area contributed by atoms with Gasteiger partial charge >= 0.3 is 0 Å². The molecule has 0 bridgehead atoms. The van der Waals surface area contributed by atoms with Gasteiger partial charge in [-0.2, -0.15) is 5.10 Å². The SMILES string of the molecule is Cc1oc(CN)cc1Cn1cc(-c2ccccc2)cn1. The molecule has 1 aromatic carbocycles. The predicted octanol–water partition coefficient (Wildman–Crippen LogP) is 2.96. The zero-order valence-electron chi connectivity index (χ0n) is 11.4. The Morgan fingerprint density at radius 3 is 2.70 bits per heavy atom. The van der Waals surface area contributed by atoms with Crippen molar-refractivity contribution in [1.82, 2.24) is 9.78 Å². The standard InChI is InChI=1S/C16H17N3O/c1-12-14(7-16(8-17)20-12)10-19-11-15(9-18-19)13-5-3-2-4-6-13/h2-7,9,11H,8,10,17H2,1H3. The Labute approximate surface area is 117 Å². The van der Waals surface area contributed by atoms with Crippen LogP contribution in [-0.2, 0) is 13.1 Å². The molecule has 4 nitrogen and oxygen atoms in total. The van der Waals surface area contributed by atoms with E-state index in [2.05, 4.69) is 17.2 Å². The van der Waals surface area contributed by atoms with Crippen LogP contribution in [0.1, 0.15) is 17.1 Å². The van der Waals surface area contributed by atoms with E-state index in [0.717, 1.165) is 22.6 Å². The summed E-state index contributed by atoms with van der Waals surface area (Å²) < 4.78 is 7.48. The number of nitrogens with zero attached hydrogens (tertiary/aromatic N) is 2. The number of rotatable bonds is 4. The second-order valence-electron chi connectivity index (χ2n) is 4.79. The first-order chi connectivity index (χ1) is 9.76. The summed E-state index contributed by atoms with van der Waals surface area (Å²) >= 11 is 0. The molecule has 0 aliphatic carbocycles. The quantitative estimate of drug-likeness (QED) is 0.790. The molecule has 0 amide bonds. The summed E-state index contributed by atoms with van der Waals surface area (Å²) in [6.45, 7) is 3.08. The van der Waals surface area contributed by atoms with Crippen molar-refractivity contribution >= 4 is 0 Å². The number of aryl methyl sites for hydroxylation is 1. The number of furan rings is 1. The van der Waals surface area contributed by atoms with Gasteiger partial charge in [-0.05, 0) is 18.6 Å². The van der Waals surface area contributed by atoms with Gasteiger partial charge in [-0.1, -0.05) is 30.3 Å². The van der Waals surface area contributed by atoms with Gasteiger partial charge in [-0.3, -0.25) is 4.68 Å². The summed E-state index contributed by atoms with van der Waals surface area (Å²) in [4.78, 5) is 0. The van der Waals surface area contributed by atoms with Crippen LogP contribution < -0.4 is 5.73 Å². The van der Waals surface area contributed by atoms with E-state index in [-0.39, 0.29) is 0 Å². The van der Waals surface area contributed by atoms with Crippen LogP contribution in [0, 0.1) is 6.92 Å². The maximum atomic E-state index is 5.59. The van der Waals surface area contributed by atoms with Crippen LogP contribution in [0.2, 0.25) is 0 Å². The number of nitrogens with two attached hydrogens (primary N) is 1. The summed E-state index contributed by atoms with van der Waals surface area (Å²) in [5.74, 6) is 1.72. The molecule has 0 aliphatic rings. The molecule has 0 saturated carbocycles. The van der Waals surface area contributed by atoms with Crippen LogP contribution >= 0.6 is 0 Å². The highest BCUT2D eigenvalue weighted by Gasteiger charge is 2.08. The topological polar surface area (TPSA) is 57.0 Å². The van der Waals surface area contributed by atoms with Crippen LogP contribution in [-0.4, -0.2) is 9.78 Å². The molecule has 0 atom stereocenters. The highest BCUT2D eigenvalue weighted by Crippen LogP contribution is 2.20. The first-order valence-electron chi connectivity index (χ1n) is 6.62. The van der Waals surface area contributed by atoms with E-state index >= 15 is 0 Å². The van der Waals surface area contributed by atoms with Crippen LogP contribution in [0.15, 0.2) is 53.2 Å². The zero-order chi connectivity index (χ0) is 13.9. The van der Waals surface area contributed by atoms with E-state index in [1.165, 1.54) is 5.56 Å². The van der Waals surface area contributed by atoms with Gasteiger partial charge in [-0.25, -0.2) is 0 Å². The average Bonchev–Trinajstić information content (AvgIpc) is 3.08. The summed E-state index contributed by atoms with van der Waals surface area (Å²) in [7, 11) is 0. The molecule has 0 spiro atoms. The lowest BCUT2D eigenvalue weighted by Crippen LogP contribution is -2.00. The molecular formula is C16H17N3O. The van der Waals surface area contributed by atoms with Gasteiger partial charge in [0.1, 0.15) is 11.5 Å². The van der Waals surface area contributed by atoms with E-state index in [4.69, 9.17) is 10.2 Å². The van der Waals surface area contributed by atoms with Gasteiger partial charge in [-0.15, -0.1) is 0 Å². The lowest BCUT2D eigenvalue weighted by Gasteiger charge is -1.99. The molecule has 102 valence electrons. The van der Waals surface area contributed by atoms with Gasteiger partial charge < -0.3 is 10.2 Å². The average molecular weight is 267 g/mol. The van der Waals surface area contributed by atoms with Crippen molar-refractivity contribution in [2.24, 2.45) is 5.73 Å². The summed E-state index contributed by atoms with van der Waals surface area (Å²) in [6.07, 6.45) is 3.93. The maximum Gasteiger partial charge on any atom is 0.118 e. The first kappa shape index (κ1) is 12.7. The van der Waals surface area contributed by atoms with Crippen LogP contribution in [0.5, 0.6) is 0 Å². The minimum Gasteiger partial charge on any atom is -0.465 e. The molecule has 0 unspecified atom stereocenters. The highest BCUT2D eigenvalue weighted by molar-refractivity contribution is 5.61. The Hall–Kier alpha value is -2.33. The molecule has 2 aromatic heterocycles. The van der Waals surface area contributed by atoms with E-state index in [1.807, 2.05) is 48.3 Å². The van der Waals surface area contributed by atoms with E-state index in [9.17, 15) is 0 Å². The van der Waals surface area contributed by atoms with Crippen molar-refractivity contribution in [3.63, 3.8) is 0 Å². The van der Waals surface area contributed by atoms with Gasteiger partial charge in [0.25, 0.3) is 0 Å². The monoisotopic (exact) mass is 267 g/mol. The van der Waals surface area contributed by atoms with Crippen molar-refractivity contribution in [1.29, 1.82) is 0 Å². The van der Waals surface area contributed by atoms with Crippen LogP contribution in [0.4, 0.5) is 0 Å². The van der Waals surface area contributed by atoms with Gasteiger partial charge in [0.2, 0.25) is 0 Å². The number of aromatic nitrogens is 2. The van der Waals surface area contributed by atoms with Gasteiger partial charge in [0.05, 0.1) is 19.3 Å². The Balaban J connectivity index is 1.82. The van der Waals surface area contributed by atoms with E-state index < -0.39 is 0 Å². The molecule has 0 saturated heterocycles. The number of hydrogen-bond acceptors (Lipinski definition) is 3. The van der Waals surface area contributed by atoms with Crippen molar-refractivity contribution in [3.8, 4) is 11.1 Å². The normalized spacial score (nSPS) is 10.9. The highest BCUT2D eigenvalue weighted by atomic mass is 16.3. The number of benzene rings is 1. The van der Waals surface area contributed by atoms with Gasteiger partial charge in [0.15, 0.2) is 0 Å². The fourth-order valence-electron chi connectivity index (χ4n) is 2.25. The Kier molecular flexibility index (Phi) is 3.39. The lowest BCUT2D eigenvalue weighted by atomic mass is 10.1. The summed E-state index contributed by atoms with van der Waals surface area (Å²) in [5, 5.41) is 4.41. The molecular weight excluding hydrogens is 250 g/mol. The maximum absolute atomic E-state index is 5.59. The lowest BCUT2D eigenvalue weighted by molar-refractivity contribution is 0.481. The van der Waals surface area contributed by atoms with E-state index in [0.29, 0.717) is 13.1 Å². The third kappa shape index (κ3) is 2.51. The largest absolute Gasteiger partial charge is 0.465 e. The fraction of sp³-hybridized carbons (Fsp3) is 0.188. The third-order valence-electron chi connectivity index (χ3n) is 3.35. The molecule has 4 heteroatoms. The van der Waals surface area contributed by atoms with Crippen molar-refractivity contribution < 1.29 is 4.42 Å². The molecule has 0 aliphatic heterocycles. The molecule has 0 radical (unpaired) electrons.